The molecule has 1 N–H and O–H groups in total. The van der Waals surface area contributed by atoms with Crippen molar-refractivity contribution in [2.45, 2.75) is 0 Å². The van der Waals surface area contributed by atoms with Crippen molar-refractivity contribution >= 4 is 23.3 Å². The Hall–Kier alpha value is -2.10. The average molecular weight is 299 g/mol. The number of nitriles is 1. The maximum absolute atomic E-state index is 13.5. The van der Waals surface area contributed by atoms with Gasteiger partial charge < -0.3 is 14.8 Å². The molecule has 1 rings (SSSR count). The highest BCUT2D eigenvalue weighted by Crippen LogP contribution is 2.19. The van der Waals surface area contributed by atoms with E-state index in [9.17, 15) is 9.18 Å². The molecular weight excluding hydrogens is 287 g/mol. The first kappa shape index (κ1) is 16.0. The number of benzene rings is 1. The number of anilines is 1. The Morgan fingerprint density at radius 1 is 1.55 bits per heavy atom. The van der Waals surface area contributed by atoms with E-state index in [1.807, 2.05) is 0 Å². The quantitative estimate of drug-likeness (QED) is 0.378. The molecule has 0 saturated heterocycles. The van der Waals surface area contributed by atoms with Crippen molar-refractivity contribution in [2.24, 2.45) is 0 Å². The second-order valence-electron chi connectivity index (χ2n) is 3.57. The molecule has 0 fully saturated rings. The summed E-state index contributed by atoms with van der Waals surface area (Å²) in [5.74, 6) is -1.41. The molecule has 0 bridgehead atoms. The van der Waals surface area contributed by atoms with Crippen LogP contribution in [0.4, 0.5) is 10.1 Å². The fourth-order valence-corrected chi connectivity index (χ4v) is 1.35. The second kappa shape index (κ2) is 8.15. The standard InChI is InChI=1S/C13H12ClFN2O3/c1-19-4-5-20-13(18)9(7-16)8-17-12-3-2-10(14)6-11(12)15/h2-3,6,8,17H,4-5H2,1H3. The van der Waals surface area contributed by atoms with Gasteiger partial charge in [0.25, 0.3) is 0 Å². The predicted molar refractivity (Wildman–Crippen MR) is 71.6 cm³/mol. The van der Waals surface area contributed by atoms with Gasteiger partial charge in [0, 0.05) is 18.3 Å². The summed E-state index contributed by atoms with van der Waals surface area (Å²) in [6.45, 7) is 0.257. The SMILES string of the molecule is COCCOC(=O)C(C#N)=CNc1ccc(Cl)cc1F. The molecule has 0 aliphatic rings. The normalized spacial score (nSPS) is 10.8. The average Bonchev–Trinajstić information content (AvgIpc) is 2.42. The van der Waals surface area contributed by atoms with Crippen LogP contribution in [-0.2, 0) is 14.3 Å². The summed E-state index contributed by atoms with van der Waals surface area (Å²) in [6.07, 6.45) is 1.07. The van der Waals surface area contributed by atoms with Gasteiger partial charge in [-0.2, -0.15) is 5.26 Å². The first-order chi connectivity index (χ1) is 9.58. The summed E-state index contributed by atoms with van der Waals surface area (Å²) in [7, 11) is 1.46. The highest BCUT2D eigenvalue weighted by Gasteiger charge is 2.10. The van der Waals surface area contributed by atoms with E-state index in [1.54, 1.807) is 6.07 Å². The van der Waals surface area contributed by atoms with E-state index in [4.69, 9.17) is 26.3 Å². The molecule has 0 unspecified atom stereocenters. The number of rotatable bonds is 6. The molecule has 1 aromatic rings. The Labute approximate surface area is 120 Å². The fraction of sp³-hybridized carbons (Fsp3) is 0.231. The van der Waals surface area contributed by atoms with Crippen LogP contribution in [0.2, 0.25) is 5.02 Å². The van der Waals surface area contributed by atoms with Gasteiger partial charge >= 0.3 is 5.97 Å². The van der Waals surface area contributed by atoms with Gasteiger partial charge in [-0.15, -0.1) is 0 Å². The first-order valence-electron chi connectivity index (χ1n) is 5.56. The van der Waals surface area contributed by atoms with Crippen molar-refractivity contribution in [1.29, 1.82) is 5.26 Å². The Balaban J connectivity index is 2.70. The zero-order valence-corrected chi connectivity index (χ0v) is 11.4. The van der Waals surface area contributed by atoms with Crippen molar-refractivity contribution < 1.29 is 18.7 Å². The molecule has 0 amide bonds. The van der Waals surface area contributed by atoms with Crippen LogP contribution in [-0.4, -0.2) is 26.3 Å². The monoisotopic (exact) mass is 298 g/mol. The molecule has 20 heavy (non-hydrogen) atoms. The number of nitrogens with one attached hydrogen (secondary N) is 1. The van der Waals surface area contributed by atoms with Gasteiger partial charge in [-0.3, -0.25) is 0 Å². The molecule has 7 heteroatoms. The predicted octanol–water partition coefficient (Wildman–Crippen LogP) is 2.49. The first-order valence-corrected chi connectivity index (χ1v) is 5.94. The van der Waals surface area contributed by atoms with Crippen molar-refractivity contribution in [3.8, 4) is 6.07 Å². The number of hydrogen-bond donors (Lipinski definition) is 1. The molecule has 1 aromatic carbocycles. The summed E-state index contributed by atoms with van der Waals surface area (Å²) >= 11 is 5.61. The third-order valence-electron chi connectivity index (χ3n) is 2.16. The minimum Gasteiger partial charge on any atom is -0.459 e. The molecule has 5 nitrogen and oxygen atoms in total. The van der Waals surface area contributed by atoms with Crippen LogP contribution < -0.4 is 5.32 Å². The smallest absolute Gasteiger partial charge is 0.350 e. The number of carbonyl (C=O) groups excluding carboxylic acids is 1. The molecule has 106 valence electrons. The zero-order valence-electron chi connectivity index (χ0n) is 10.7. The summed E-state index contributed by atoms with van der Waals surface area (Å²) in [5, 5.41) is 11.6. The zero-order chi connectivity index (χ0) is 15.0. The highest BCUT2D eigenvalue weighted by atomic mass is 35.5. The van der Waals surface area contributed by atoms with E-state index in [0.717, 1.165) is 12.3 Å². The third-order valence-corrected chi connectivity index (χ3v) is 2.40. The number of hydrogen-bond acceptors (Lipinski definition) is 5. The second-order valence-corrected chi connectivity index (χ2v) is 4.00. The molecule has 0 saturated carbocycles. The van der Waals surface area contributed by atoms with Crippen LogP contribution in [0.1, 0.15) is 0 Å². The maximum atomic E-state index is 13.5. The van der Waals surface area contributed by atoms with E-state index >= 15 is 0 Å². The Kier molecular flexibility index (Phi) is 6.50. The molecule has 0 aliphatic carbocycles. The largest absolute Gasteiger partial charge is 0.459 e. The Morgan fingerprint density at radius 2 is 2.30 bits per heavy atom. The van der Waals surface area contributed by atoms with Crippen LogP contribution in [0.15, 0.2) is 30.0 Å². The van der Waals surface area contributed by atoms with Crippen molar-refractivity contribution in [3.05, 3.63) is 40.8 Å². The van der Waals surface area contributed by atoms with Crippen molar-refractivity contribution in [1.82, 2.24) is 0 Å². The van der Waals surface area contributed by atoms with Crippen LogP contribution in [0.3, 0.4) is 0 Å². The molecular formula is C13H12ClFN2O3. The molecule has 0 spiro atoms. The minimum atomic E-state index is -0.813. The van der Waals surface area contributed by atoms with Gasteiger partial charge in [0.15, 0.2) is 5.57 Å². The summed E-state index contributed by atoms with van der Waals surface area (Å²) in [4.78, 5) is 11.5. The van der Waals surface area contributed by atoms with Gasteiger partial charge in [0.1, 0.15) is 18.5 Å². The lowest BCUT2D eigenvalue weighted by atomic mass is 10.3. The summed E-state index contributed by atoms with van der Waals surface area (Å²) in [6, 6.07) is 5.64. The van der Waals surface area contributed by atoms with E-state index in [1.165, 1.54) is 19.2 Å². The number of nitrogens with zero attached hydrogens (tertiary/aromatic N) is 1. The van der Waals surface area contributed by atoms with Crippen molar-refractivity contribution in [3.63, 3.8) is 0 Å². The Bertz CT molecular complexity index is 555. The summed E-state index contributed by atoms with van der Waals surface area (Å²) in [5.41, 5.74) is -0.192. The molecule has 0 atom stereocenters. The van der Waals surface area contributed by atoms with Gasteiger partial charge in [-0.1, -0.05) is 11.6 Å². The van der Waals surface area contributed by atoms with Crippen LogP contribution >= 0.6 is 11.6 Å². The molecule has 0 heterocycles. The molecule has 0 radical (unpaired) electrons. The number of halogens is 2. The third kappa shape index (κ3) is 4.88. The van der Waals surface area contributed by atoms with Crippen molar-refractivity contribution in [2.75, 3.05) is 25.6 Å². The highest BCUT2D eigenvalue weighted by molar-refractivity contribution is 6.30. The lowest BCUT2D eigenvalue weighted by Crippen LogP contribution is -2.12. The van der Waals surface area contributed by atoms with E-state index in [0.29, 0.717) is 0 Å². The van der Waals surface area contributed by atoms with E-state index < -0.39 is 11.8 Å². The number of esters is 1. The van der Waals surface area contributed by atoms with Gasteiger partial charge in [-0.25, -0.2) is 9.18 Å². The van der Waals surface area contributed by atoms with Gasteiger partial charge in [0.2, 0.25) is 0 Å². The number of methoxy groups -OCH3 is 1. The van der Waals surface area contributed by atoms with Crippen LogP contribution in [0.25, 0.3) is 0 Å². The lowest BCUT2D eigenvalue weighted by molar-refractivity contribution is -0.139. The van der Waals surface area contributed by atoms with E-state index in [2.05, 4.69) is 5.32 Å². The topological polar surface area (TPSA) is 71.3 Å². The maximum Gasteiger partial charge on any atom is 0.350 e. The van der Waals surface area contributed by atoms with Gasteiger partial charge in [0.05, 0.1) is 12.3 Å². The minimum absolute atomic E-state index is 0.0314. The van der Waals surface area contributed by atoms with Gasteiger partial charge in [-0.05, 0) is 18.2 Å². The van der Waals surface area contributed by atoms with E-state index in [-0.39, 0.29) is 29.5 Å². The van der Waals surface area contributed by atoms with Crippen LogP contribution in [0, 0.1) is 17.1 Å². The number of carbonyl (C=O) groups is 1. The number of ether oxygens (including phenoxy) is 2. The summed E-state index contributed by atoms with van der Waals surface area (Å²) < 4.78 is 22.9. The van der Waals surface area contributed by atoms with Crippen LogP contribution in [0.5, 0.6) is 0 Å². The Morgan fingerprint density at radius 3 is 2.90 bits per heavy atom. The fourth-order valence-electron chi connectivity index (χ4n) is 1.19. The molecule has 0 aromatic heterocycles. The molecule has 0 aliphatic heterocycles. The lowest BCUT2D eigenvalue weighted by Gasteiger charge is -2.05.